The maximum Gasteiger partial charge on any atom is 0.254 e. The number of hydrogen-bond acceptors (Lipinski definition) is 5. The fourth-order valence-corrected chi connectivity index (χ4v) is 1.66. The van der Waals surface area contributed by atoms with Crippen LogP contribution in [-0.2, 0) is 4.79 Å². The molecule has 1 atom stereocenters. The highest BCUT2D eigenvalue weighted by Crippen LogP contribution is 2.17. The number of nitrogens with zero attached hydrogens (tertiary/aromatic N) is 1. The van der Waals surface area contributed by atoms with Gasteiger partial charge in [0.15, 0.2) is 5.16 Å². The van der Waals surface area contributed by atoms with E-state index in [-0.39, 0.29) is 5.56 Å². The Kier molecular flexibility index (Phi) is 3.52. The lowest BCUT2D eigenvalue weighted by molar-refractivity contribution is -0.304. The number of nitrogens with one attached hydrogen (secondary N) is 1. The molecule has 0 aromatic carbocycles. The third-order valence-corrected chi connectivity index (χ3v) is 2.96. The van der Waals surface area contributed by atoms with Gasteiger partial charge in [-0.3, -0.25) is 4.79 Å². The monoisotopic (exact) mass is 227 g/mol. The Bertz CT molecular complexity index is 441. The number of aromatic nitrogens is 2. The van der Waals surface area contributed by atoms with Crippen LogP contribution >= 0.6 is 11.8 Å². The van der Waals surface area contributed by atoms with E-state index in [0.717, 1.165) is 11.8 Å². The van der Waals surface area contributed by atoms with Gasteiger partial charge in [-0.1, -0.05) is 11.8 Å². The molecule has 0 unspecified atom stereocenters. The Hall–Kier alpha value is -1.30. The lowest BCUT2D eigenvalue weighted by atomic mass is 10.3. The van der Waals surface area contributed by atoms with Crippen LogP contribution in [0.1, 0.15) is 18.2 Å². The second-order valence-electron chi connectivity index (χ2n) is 3.16. The number of aliphatic carboxylic acids is 1. The van der Waals surface area contributed by atoms with Gasteiger partial charge in [0.2, 0.25) is 0 Å². The Morgan fingerprint density at radius 3 is 2.60 bits per heavy atom. The molecule has 0 aliphatic carbocycles. The molecular weight excluding hydrogens is 216 g/mol. The average molecular weight is 227 g/mol. The standard InChI is InChI=1S/C9H12N2O3S/c1-4-5(2)10-9(11-7(4)12)15-6(3)8(13)14/h6H,1-3H3,(H,13,14)(H,10,11,12)/p-1/t6-/m1/s1. The van der Waals surface area contributed by atoms with E-state index in [9.17, 15) is 14.7 Å². The van der Waals surface area contributed by atoms with Crippen LogP contribution in [0.3, 0.4) is 0 Å². The molecule has 82 valence electrons. The van der Waals surface area contributed by atoms with Crippen LogP contribution in [0.2, 0.25) is 0 Å². The minimum Gasteiger partial charge on any atom is -0.549 e. The second kappa shape index (κ2) is 4.48. The third-order valence-electron chi connectivity index (χ3n) is 1.99. The highest BCUT2D eigenvalue weighted by atomic mass is 32.2. The molecule has 0 spiro atoms. The molecule has 0 radical (unpaired) electrons. The van der Waals surface area contributed by atoms with Crippen molar-refractivity contribution < 1.29 is 9.90 Å². The number of carboxylic acid groups (broad SMARTS) is 1. The molecule has 0 aliphatic heterocycles. The number of carbonyl (C=O) groups is 1. The first-order chi connectivity index (χ1) is 6.91. The smallest absolute Gasteiger partial charge is 0.254 e. The number of carbonyl (C=O) groups excluding carboxylic acids is 1. The molecule has 1 heterocycles. The summed E-state index contributed by atoms with van der Waals surface area (Å²) in [4.78, 5) is 28.4. The van der Waals surface area contributed by atoms with Gasteiger partial charge in [-0.2, -0.15) is 0 Å². The van der Waals surface area contributed by atoms with Gasteiger partial charge in [0.25, 0.3) is 5.56 Å². The summed E-state index contributed by atoms with van der Waals surface area (Å²) < 4.78 is 0. The van der Waals surface area contributed by atoms with Gasteiger partial charge in [0.1, 0.15) is 0 Å². The highest BCUT2D eigenvalue weighted by Gasteiger charge is 2.09. The minimum absolute atomic E-state index is 0.240. The third kappa shape index (κ3) is 2.82. The van der Waals surface area contributed by atoms with Crippen molar-refractivity contribution in [1.29, 1.82) is 0 Å². The number of aromatic amines is 1. The zero-order valence-corrected chi connectivity index (χ0v) is 9.47. The Labute approximate surface area is 90.9 Å². The molecular formula is C9H11N2O3S-. The van der Waals surface area contributed by atoms with Crippen LogP contribution < -0.4 is 10.7 Å². The number of H-pyrrole nitrogens is 1. The molecule has 0 fully saturated rings. The summed E-state index contributed by atoms with van der Waals surface area (Å²) in [7, 11) is 0. The zero-order valence-electron chi connectivity index (χ0n) is 8.66. The molecule has 15 heavy (non-hydrogen) atoms. The number of aryl methyl sites for hydroxylation is 1. The molecule has 0 saturated heterocycles. The SMILES string of the molecule is Cc1nc(S[C@H](C)C(=O)[O-])[nH]c(=O)c1C. The van der Waals surface area contributed by atoms with Gasteiger partial charge in [0.05, 0.1) is 5.97 Å². The van der Waals surface area contributed by atoms with E-state index >= 15 is 0 Å². The molecule has 0 bridgehead atoms. The van der Waals surface area contributed by atoms with E-state index in [1.807, 2.05) is 0 Å². The summed E-state index contributed by atoms with van der Waals surface area (Å²) in [5.74, 6) is -1.18. The summed E-state index contributed by atoms with van der Waals surface area (Å²) in [6, 6.07) is 0. The molecule has 0 amide bonds. The van der Waals surface area contributed by atoms with E-state index in [2.05, 4.69) is 9.97 Å². The van der Waals surface area contributed by atoms with E-state index in [1.165, 1.54) is 6.92 Å². The fourth-order valence-electron chi connectivity index (χ4n) is 0.891. The van der Waals surface area contributed by atoms with Crippen molar-refractivity contribution in [2.24, 2.45) is 0 Å². The highest BCUT2D eigenvalue weighted by molar-refractivity contribution is 8.00. The topological polar surface area (TPSA) is 85.9 Å². The van der Waals surface area contributed by atoms with Gasteiger partial charge in [-0.15, -0.1) is 0 Å². The summed E-state index contributed by atoms with van der Waals surface area (Å²) in [5.41, 5.74) is 0.905. The van der Waals surface area contributed by atoms with Crippen LogP contribution in [-0.4, -0.2) is 21.2 Å². The van der Waals surface area contributed by atoms with Gasteiger partial charge in [-0.25, -0.2) is 4.98 Å². The summed E-state index contributed by atoms with van der Waals surface area (Å²) in [6.07, 6.45) is 0. The fraction of sp³-hybridized carbons (Fsp3) is 0.444. The molecule has 1 rings (SSSR count). The second-order valence-corrected chi connectivity index (χ2v) is 4.49. The van der Waals surface area contributed by atoms with E-state index < -0.39 is 11.2 Å². The quantitative estimate of drug-likeness (QED) is 0.562. The average Bonchev–Trinajstić information content (AvgIpc) is 2.13. The first-order valence-corrected chi connectivity index (χ1v) is 5.25. The van der Waals surface area contributed by atoms with Crippen molar-refractivity contribution >= 4 is 17.7 Å². The van der Waals surface area contributed by atoms with Crippen molar-refractivity contribution in [1.82, 2.24) is 9.97 Å². The van der Waals surface area contributed by atoms with Gasteiger partial charge in [-0.05, 0) is 20.8 Å². The van der Waals surface area contributed by atoms with Gasteiger partial charge >= 0.3 is 0 Å². The van der Waals surface area contributed by atoms with Gasteiger partial charge < -0.3 is 14.9 Å². The first-order valence-electron chi connectivity index (χ1n) is 4.37. The Balaban J connectivity index is 2.98. The van der Waals surface area contributed by atoms with Crippen LogP contribution in [0.4, 0.5) is 0 Å². The summed E-state index contributed by atoms with van der Waals surface area (Å²) >= 11 is 0.960. The van der Waals surface area contributed by atoms with Crippen molar-refractivity contribution in [3.63, 3.8) is 0 Å². The van der Waals surface area contributed by atoms with Crippen molar-refractivity contribution in [3.8, 4) is 0 Å². The van der Waals surface area contributed by atoms with Crippen LogP contribution in [0, 0.1) is 13.8 Å². The largest absolute Gasteiger partial charge is 0.549 e. The van der Waals surface area contributed by atoms with E-state index in [1.54, 1.807) is 13.8 Å². The molecule has 5 nitrogen and oxygen atoms in total. The summed E-state index contributed by atoms with van der Waals surface area (Å²) in [6.45, 7) is 4.85. The maximum atomic E-state index is 11.3. The van der Waals surface area contributed by atoms with Crippen LogP contribution in [0.25, 0.3) is 0 Å². The predicted octanol–water partition coefficient (Wildman–Crippen LogP) is -0.383. The molecule has 1 aromatic rings. The lowest BCUT2D eigenvalue weighted by Crippen LogP contribution is -2.31. The molecule has 1 N–H and O–H groups in total. The number of rotatable bonds is 3. The molecule has 0 aliphatic rings. The Morgan fingerprint density at radius 2 is 2.13 bits per heavy atom. The van der Waals surface area contributed by atoms with Crippen LogP contribution in [0.5, 0.6) is 0 Å². The van der Waals surface area contributed by atoms with Crippen LogP contribution in [0.15, 0.2) is 9.95 Å². The summed E-state index contributed by atoms with van der Waals surface area (Å²) in [5, 5.41) is 10.1. The van der Waals surface area contributed by atoms with E-state index in [0.29, 0.717) is 16.4 Å². The number of hydrogen-bond donors (Lipinski definition) is 1. The van der Waals surface area contributed by atoms with Crippen molar-refractivity contribution in [2.45, 2.75) is 31.2 Å². The maximum absolute atomic E-state index is 11.3. The predicted molar refractivity (Wildman–Crippen MR) is 54.7 cm³/mol. The normalized spacial score (nSPS) is 12.5. The Morgan fingerprint density at radius 1 is 1.53 bits per heavy atom. The number of carboxylic acids is 1. The van der Waals surface area contributed by atoms with Gasteiger partial charge in [0, 0.05) is 16.5 Å². The zero-order chi connectivity index (χ0) is 11.6. The molecule has 0 saturated carbocycles. The number of thioether (sulfide) groups is 1. The minimum atomic E-state index is -1.18. The van der Waals surface area contributed by atoms with E-state index in [4.69, 9.17) is 0 Å². The first kappa shape index (κ1) is 11.8. The van der Waals surface area contributed by atoms with Crippen molar-refractivity contribution in [3.05, 3.63) is 21.6 Å². The molecule has 6 heteroatoms. The van der Waals surface area contributed by atoms with Crippen molar-refractivity contribution in [2.75, 3.05) is 0 Å². The lowest BCUT2D eigenvalue weighted by Gasteiger charge is -2.11. The molecule has 1 aromatic heterocycles.